The molecule has 0 bridgehead atoms. The Morgan fingerprint density at radius 3 is 2.50 bits per heavy atom. The fraction of sp³-hybridized carbons (Fsp3) is 0.250. The normalized spacial score (nSPS) is 11.9. The predicted octanol–water partition coefficient (Wildman–Crippen LogP) is 2.60. The molecule has 0 heterocycles. The van der Waals surface area contributed by atoms with E-state index < -0.39 is 0 Å². The summed E-state index contributed by atoms with van der Waals surface area (Å²) >= 11 is 3.24. The molecule has 0 aromatic heterocycles. The molecule has 1 aromatic carbocycles. The van der Waals surface area contributed by atoms with Crippen LogP contribution in [-0.4, -0.2) is 5.11 Å². The van der Waals surface area contributed by atoms with E-state index >= 15 is 0 Å². The molecule has 1 atom stereocenters. The first kappa shape index (κ1) is 11.8. The Labute approximate surface area is 86.3 Å². The third-order valence-electron chi connectivity index (χ3n) is 1.48. The van der Waals surface area contributed by atoms with E-state index in [-0.39, 0.29) is 24.2 Å². The second kappa shape index (κ2) is 4.70. The van der Waals surface area contributed by atoms with E-state index in [2.05, 4.69) is 15.9 Å². The van der Waals surface area contributed by atoms with Crippen LogP contribution in [0.1, 0.15) is 18.5 Å². The summed E-state index contributed by atoms with van der Waals surface area (Å²) in [4.78, 5) is 0. The van der Waals surface area contributed by atoms with Gasteiger partial charge in [-0.3, -0.25) is 0 Å². The van der Waals surface area contributed by atoms with Crippen LogP contribution in [0.2, 0.25) is 0 Å². The van der Waals surface area contributed by atoms with Gasteiger partial charge in [-0.15, -0.1) is 12.4 Å². The number of aromatic hydroxyl groups is 1. The van der Waals surface area contributed by atoms with Crippen molar-refractivity contribution in [3.63, 3.8) is 0 Å². The number of nitrogens with two attached hydrogens (primary N) is 1. The van der Waals surface area contributed by atoms with Crippen LogP contribution < -0.4 is 5.73 Å². The van der Waals surface area contributed by atoms with Crippen LogP contribution in [0.15, 0.2) is 22.7 Å². The highest BCUT2D eigenvalue weighted by Crippen LogP contribution is 2.25. The fourth-order valence-electron chi connectivity index (χ4n) is 0.902. The summed E-state index contributed by atoms with van der Waals surface area (Å²) in [6.45, 7) is 1.84. The first-order valence-electron chi connectivity index (χ1n) is 3.35. The number of rotatable bonds is 1. The molecule has 1 rings (SSSR count). The van der Waals surface area contributed by atoms with Gasteiger partial charge in [0.15, 0.2) is 0 Å². The SMILES string of the molecule is C[C@@H](N)c1ccc(Br)cc1O.Cl. The monoisotopic (exact) mass is 251 g/mol. The molecule has 0 aliphatic rings. The number of phenolic OH excluding ortho intramolecular Hbond substituents is 1. The van der Waals surface area contributed by atoms with Gasteiger partial charge in [-0.2, -0.15) is 0 Å². The molecule has 68 valence electrons. The van der Waals surface area contributed by atoms with Crippen molar-refractivity contribution < 1.29 is 5.11 Å². The van der Waals surface area contributed by atoms with Gasteiger partial charge in [0.05, 0.1) is 0 Å². The number of hydrogen-bond donors (Lipinski definition) is 2. The van der Waals surface area contributed by atoms with Crippen molar-refractivity contribution in [2.45, 2.75) is 13.0 Å². The molecule has 0 saturated heterocycles. The molecule has 3 N–H and O–H groups in total. The first-order chi connectivity index (χ1) is 5.11. The smallest absolute Gasteiger partial charge is 0.121 e. The summed E-state index contributed by atoms with van der Waals surface area (Å²) in [5.74, 6) is 0.245. The summed E-state index contributed by atoms with van der Waals surface area (Å²) in [5.41, 5.74) is 6.36. The molecule has 0 radical (unpaired) electrons. The van der Waals surface area contributed by atoms with Gasteiger partial charge >= 0.3 is 0 Å². The minimum atomic E-state index is -0.122. The van der Waals surface area contributed by atoms with Gasteiger partial charge in [0.25, 0.3) is 0 Å². The lowest BCUT2D eigenvalue weighted by Gasteiger charge is -2.07. The molecule has 0 aliphatic heterocycles. The van der Waals surface area contributed by atoms with Crippen molar-refractivity contribution in [3.8, 4) is 5.75 Å². The van der Waals surface area contributed by atoms with Crippen LogP contribution in [0.4, 0.5) is 0 Å². The highest BCUT2D eigenvalue weighted by molar-refractivity contribution is 9.10. The van der Waals surface area contributed by atoms with Crippen molar-refractivity contribution in [2.24, 2.45) is 5.73 Å². The van der Waals surface area contributed by atoms with Gasteiger partial charge < -0.3 is 10.8 Å². The maximum atomic E-state index is 9.35. The van der Waals surface area contributed by atoms with Crippen LogP contribution in [0.5, 0.6) is 5.75 Å². The average molecular weight is 253 g/mol. The van der Waals surface area contributed by atoms with E-state index in [1.807, 2.05) is 19.1 Å². The van der Waals surface area contributed by atoms with Gasteiger partial charge in [-0.25, -0.2) is 0 Å². The van der Waals surface area contributed by atoms with Crippen molar-refractivity contribution in [3.05, 3.63) is 28.2 Å². The topological polar surface area (TPSA) is 46.2 Å². The quantitative estimate of drug-likeness (QED) is 0.807. The molecular formula is C8H11BrClNO. The third kappa shape index (κ3) is 2.66. The highest BCUT2D eigenvalue weighted by atomic mass is 79.9. The fourth-order valence-corrected chi connectivity index (χ4v) is 1.25. The van der Waals surface area contributed by atoms with Crippen molar-refractivity contribution in [1.82, 2.24) is 0 Å². The minimum absolute atomic E-state index is 0. The molecule has 0 amide bonds. The third-order valence-corrected chi connectivity index (χ3v) is 1.98. The lowest BCUT2D eigenvalue weighted by Crippen LogP contribution is -2.04. The number of hydrogen-bond acceptors (Lipinski definition) is 2. The zero-order chi connectivity index (χ0) is 8.43. The van der Waals surface area contributed by atoms with E-state index in [4.69, 9.17) is 5.73 Å². The predicted molar refractivity (Wildman–Crippen MR) is 55.7 cm³/mol. The Kier molecular flexibility index (Phi) is 4.60. The molecule has 12 heavy (non-hydrogen) atoms. The number of benzene rings is 1. The first-order valence-corrected chi connectivity index (χ1v) is 4.14. The Morgan fingerprint density at radius 2 is 2.08 bits per heavy atom. The Bertz CT molecular complexity index is 265. The van der Waals surface area contributed by atoms with E-state index in [9.17, 15) is 5.11 Å². The van der Waals surface area contributed by atoms with Crippen LogP contribution in [0.25, 0.3) is 0 Å². The largest absolute Gasteiger partial charge is 0.508 e. The zero-order valence-corrected chi connectivity index (χ0v) is 9.02. The van der Waals surface area contributed by atoms with Crippen LogP contribution in [0.3, 0.4) is 0 Å². The molecule has 2 nitrogen and oxygen atoms in total. The zero-order valence-electron chi connectivity index (χ0n) is 6.62. The molecule has 0 saturated carbocycles. The second-order valence-electron chi connectivity index (χ2n) is 2.49. The van der Waals surface area contributed by atoms with Crippen molar-refractivity contribution in [1.29, 1.82) is 0 Å². The summed E-state index contributed by atoms with van der Waals surface area (Å²) in [6, 6.07) is 5.18. The Morgan fingerprint density at radius 1 is 1.50 bits per heavy atom. The maximum Gasteiger partial charge on any atom is 0.121 e. The average Bonchev–Trinajstić information content (AvgIpc) is 1.85. The Hall–Kier alpha value is -0.250. The molecule has 0 fully saturated rings. The van der Waals surface area contributed by atoms with E-state index in [0.717, 1.165) is 10.0 Å². The highest BCUT2D eigenvalue weighted by Gasteiger charge is 2.04. The second-order valence-corrected chi connectivity index (χ2v) is 3.41. The van der Waals surface area contributed by atoms with Crippen molar-refractivity contribution >= 4 is 28.3 Å². The summed E-state index contributed by atoms with van der Waals surface area (Å²) < 4.78 is 0.861. The van der Waals surface area contributed by atoms with Gasteiger partial charge in [-0.1, -0.05) is 22.0 Å². The lowest BCUT2D eigenvalue weighted by atomic mass is 10.1. The lowest BCUT2D eigenvalue weighted by molar-refractivity contribution is 0.463. The van der Waals surface area contributed by atoms with Crippen LogP contribution in [0, 0.1) is 0 Å². The summed E-state index contributed by atoms with van der Waals surface area (Å²) in [5, 5.41) is 9.35. The molecule has 0 unspecified atom stereocenters. The van der Waals surface area contributed by atoms with Crippen molar-refractivity contribution in [2.75, 3.05) is 0 Å². The summed E-state index contributed by atoms with van der Waals surface area (Å²) in [6.07, 6.45) is 0. The van der Waals surface area contributed by atoms with E-state index in [0.29, 0.717) is 0 Å². The van der Waals surface area contributed by atoms with E-state index in [1.165, 1.54) is 0 Å². The maximum absolute atomic E-state index is 9.35. The van der Waals surface area contributed by atoms with Gasteiger partial charge in [0.1, 0.15) is 5.75 Å². The minimum Gasteiger partial charge on any atom is -0.508 e. The summed E-state index contributed by atoms with van der Waals surface area (Å²) in [7, 11) is 0. The molecular weight excluding hydrogens is 241 g/mol. The molecule has 4 heteroatoms. The van der Waals surface area contributed by atoms with Gasteiger partial charge in [-0.05, 0) is 19.1 Å². The number of halogens is 2. The number of phenols is 1. The van der Waals surface area contributed by atoms with Gasteiger partial charge in [0, 0.05) is 16.1 Å². The molecule has 0 aliphatic carbocycles. The Balaban J connectivity index is 0.00000121. The van der Waals surface area contributed by atoms with Crippen LogP contribution >= 0.6 is 28.3 Å². The van der Waals surface area contributed by atoms with Gasteiger partial charge in [0.2, 0.25) is 0 Å². The standard InChI is InChI=1S/C8H10BrNO.ClH/c1-5(10)7-3-2-6(9)4-8(7)11;/h2-5,11H,10H2,1H3;1H/t5-;/m1./s1. The van der Waals surface area contributed by atoms with E-state index in [1.54, 1.807) is 6.07 Å². The van der Waals surface area contributed by atoms with Crippen LogP contribution in [-0.2, 0) is 0 Å². The molecule has 0 spiro atoms. The molecule has 1 aromatic rings.